The predicted octanol–water partition coefficient (Wildman–Crippen LogP) is 6.26. The molecule has 4 aromatic rings. The zero-order chi connectivity index (χ0) is 24.8. The van der Waals surface area contributed by atoms with Gasteiger partial charge in [0.2, 0.25) is 0 Å². The van der Waals surface area contributed by atoms with Crippen LogP contribution in [0.4, 0.5) is 14.6 Å². The lowest BCUT2D eigenvalue weighted by atomic mass is 9.96. The average Bonchev–Trinajstić information content (AvgIpc) is 3.78. The summed E-state index contributed by atoms with van der Waals surface area (Å²) >= 11 is 0. The maximum atomic E-state index is 14.4. The van der Waals surface area contributed by atoms with Crippen molar-refractivity contribution in [2.24, 2.45) is 0 Å². The van der Waals surface area contributed by atoms with Gasteiger partial charge in [0.25, 0.3) is 5.91 Å². The van der Waals surface area contributed by atoms with Crippen molar-refractivity contribution in [3.63, 3.8) is 0 Å². The van der Waals surface area contributed by atoms with Gasteiger partial charge in [-0.1, -0.05) is 18.2 Å². The molecule has 2 saturated carbocycles. The number of hydrogen-bond donors (Lipinski definition) is 1. The van der Waals surface area contributed by atoms with Crippen LogP contribution in [-0.2, 0) is 6.54 Å². The number of amides is 1. The van der Waals surface area contributed by atoms with E-state index >= 15 is 0 Å². The van der Waals surface area contributed by atoms with E-state index in [1.165, 1.54) is 6.07 Å². The molecule has 36 heavy (non-hydrogen) atoms. The minimum absolute atomic E-state index is 0.0706. The number of rotatable bonds is 7. The number of carbonyl (C=O) groups excluding carboxylic acids is 1. The topological polar surface area (TPSA) is 58.1 Å². The first-order valence-corrected chi connectivity index (χ1v) is 12.3. The zero-order valence-electron chi connectivity index (χ0n) is 20.0. The van der Waals surface area contributed by atoms with Crippen molar-refractivity contribution >= 4 is 22.6 Å². The summed E-state index contributed by atoms with van der Waals surface area (Å²) in [5.41, 5.74) is 4.96. The molecule has 2 fully saturated rings. The van der Waals surface area contributed by atoms with Gasteiger partial charge in [0.15, 0.2) is 0 Å². The number of benzene rings is 3. The summed E-state index contributed by atoms with van der Waals surface area (Å²) < 4.78 is 27.7. The van der Waals surface area contributed by atoms with Crippen molar-refractivity contribution < 1.29 is 13.6 Å². The Labute approximate surface area is 208 Å². The van der Waals surface area contributed by atoms with E-state index in [0.717, 1.165) is 76.8 Å². The van der Waals surface area contributed by atoms with Gasteiger partial charge in [-0.2, -0.15) is 0 Å². The Kier molecular flexibility index (Phi) is 5.63. The number of fused-ring (bicyclic) bond motifs is 1. The van der Waals surface area contributed by atoms with Crippen LogP contribution in [0.2, 0.25) is 0 Å². The van der Waals surface area contributed by atoms with Crippen LogP contribution in [0, 0.1) is 18.6 Å². The molecular formula is C29H26F2N4O. The Morgan fingerprint density at radius 3 is 2.61 bits per heavy atom. The molecule has 3 aromatic carbocycles. The minimum atomic E-state index is -0.830. The fourth-order valence-corrected chi connectivity index (χ4v) is 4.66. The van der Waals surface area contributed by atoms with Crippen molar-refractivity contribution in [1.29, 1.82) is 0 Å². The lowest BCUT2D eigenvalue weighted by Gasteiger charge is -2.23. The third kappa shape index (κ3) is 4.53. The summed E-state index contributed by atoms with van der Waals surface area (Å²) in [4.78, 5) is 23.8. The first-order chi connectivity index (χ1) is 17.5. The highest BCUT2D eigenvalue weighted by Gasteiger charge is 2.34. The number of carbonyl (C=O) groups is 1. The predicted molar refractivity (Wildman–Crippen MR) is 136 cm³/mol. The second-order valence-corrected chi connectivity index (χ2v) is 9.81. The Bertz CT molecular complexity index is 1480. The average molecular weight is 485 g/mol. The molecule has 0 atom stereocenters. The van der Waals surface area contributed by atoms with E-state index in [1.54, 1.807) is 11.2 Å². The molecule has 1 heterocycles. The molecule has 6 rings (SSSR count). The third-order valence-electron chi connectivity index (χ3n) is 6.90. The molecule has 2 aliphatic rings. The summed E-state index contributed by atoms with van der Waals surface area (Å²) in [6.45, 7) is 2.42. The van der Waals surface area contributed by atoms with E-state index in [9.17, 15) is 13.6 Å². The smallest absolute Gasteiger partial charge is 0.257 e. The fourth-order valence-electron chi connectivity index (χ4n) is 4.66. The summed E-state index contributed by atoms with van der Waals surface area (Å²) in [7, 11) is 0. The van der Waals surface area contributed by atoms with E-state index in [1.807, 2.05) is 12.1 Å². The molecule has 1 amide bonds. The van der Waals surface area contributed by atoms with Crippen LogP contribution in [-0.4, -0.2) is 32.9 Å². The van der Waals surface area contributed by atoms with Crippen LogP contribution in [0.3, 0.4) is 0 Å². The summed E-state index contributed by atoms with van der Waals surface area (Å²) in [5.74, 6) is -1.08. The van der Waals surface area contributed by atoms with E-state index in [4.69, 9.17) is 0 Å². The first-order valence-electron chi connectivity index (χ1n) is 12.3. The number of nitrogens with zero attached hydrogens (tertiary/aromatic N) is 3. The van der Waals surface area contributed by atoms with Crippen molar-refractivity contribution in [2.75, 3.05) is 5.32 Å². The lowest BCUT2D eigenvalue weighted by molar-refractivity contribution is 0.0725. The number of nitrogens with one attached hydrogen (secondary N) is 1. The highest BCUT2D eigenvalue weighted by atomic mass is 19.1. The van der Waals surface area contributed by atoms with E-state index in [-0.39, 0.29) is 11.6 Å². The van der Waals surface area contributed by atoms with Gasteiger partial charge in [-0.3, -0.25) is 4.79 Å². The van der Waals surface area contributed by atoms with Crippen LogP contribution in [0.15, 0.2) is 60.9 Å². The van der Waals surface area contributed by atoms with Gasteiger partial charge in [0.1, 0.15) is 23.8 Å². The van der Waals surface area contributed by atoms with Crippen LogP contribution < -0.4 is 5.32 Å². The summed E-state index contributed by atoms with van der Waals surface area (Å²) in [6.07, 6.45) is 5.68. The fraction of sp³-hybridized carbons (Fsp3) is 0.276. The van der Waals surface area contributed by atoms with Crippen molar-refractivity contribution in [3.8, 4) is 11.1 Å². The maximum Gasteiger partial charge on any atom is 0.257 e. The molecule has 1 aromatic heterocycles. The lowest BCUT2D eigenvalue weighted by Crippen LogP contribution is -2.33. The molecule has 0 spiro atoms. The second kappa shape index (κ2) is 8.97. The quantitative estimate of drug-likeness (QED) is 0.336. The normalized spacial score (nSPS) is 15.2. The van der Waals surface area contributed by atoms with Gasteiger partial charge >= 0.3 is 0 Å². The van der Waals surface area contributed by atoms with Crippen LogP contribution in [0.1, 0.15) is 47.2 Å². The Balaban J connectivity index is 1.32. The molecule has 2 aliphatic carbocycles. The van der Waals surface area contributed by atoms with Crippen molar-refractivity contribution in [3.05, 3.63) is 89.2 Å². The van der Waals surface area contributed by atoms with E-state index < -0.39 is 17.5 Å². The Morgan fingerprint density at radius 2 is 1.86 bits per heavy atom. The van der Waals surface area contributed by atoms with E-state index in [2.05, 4.69) is 46.5 Å². The third-order valence-corrected chi connectivity index (χ3v) is 6.90. The summed E-state index contributed by atoms with van der Waals surface area (Å²) in [5, 5.41) is 4.48. The highest BCUT2D eigenvalue weighted by molar-refractivity contribution is 5.95. The molecule has 5 nitrogen and oxygen atoms in total. The van der Waals surface area contributed by atoms with Gasteiger partial charge in [-0.25, -0.2) is 18.7 Å². The molecule has 0 radical (unpaired) electrons. The molecule has 7 heteroatoms. The van der Waals surface area contributed by atoms with Crippen LogP contribution in [0.25, 0.3) is 22.0 Å². The standard InChI is InChI=1S/C29H26F2N4O/c1-17-11-27-25(28(33-16-32-27)34-21-6-7-21)14-24(17)19-4-2-3-18(12-19)15-35(22-8-9-22)29(36)23-10-5-20(30)13-26(23)31/h2-5,10-14,16,21-22H,6-9,15H2,1H3,(H,32,33,34). The first kappa shape index (κ1) is 22.6. The number of hydrogen-bond acceptors (Lipinski definition) is 4. The van der Waals surface area contributed by atoms with Crippen LogP contribution in [0.5, 0.6) is 0 Å². The summed E-state index contributed by atoms with van der Waals surface area (Å²) in [6, 6.07) is 16.0. The van der Waals surface area contributed by atoms with Gasteiger partial charge < -0.3 is 10.2 Å². The van der Waals surface area contributed by atoms with Gasteiger partial charge in [-0.05, 0) is 85.2 Å². The van der Waals surface area contributed by atoms with Crippen LogP contribution >= 0.6 is 0 Å². The molecule has 0 unspecified atom stereocenters. The molecule has 0 aliphatic heterocycles. The highest BCUT2D eigenvalue weighted by Crippen LogP contribution is 2.34. The van der Waals surface area contributed by atoms with Gasteiger partial charge in [0.05, 0.1) is 11.1 Å². The zero-order valence-corrected chi connectivity index (χ0v) is 20.0. The molecular weight excluding hydrogens is 458 g/mol. The second-order valence-electron chi connectivity index (χ2n) is 9.81. The molecule has 182 valence electrons. The monoisotopic (exact) mass is 484 g/mol. The minimum Gasteiger partial charge on any atom is -0.367 e. The molecule has 0 bridgehead atoms. The molecule has 0 saturated heterocycles. The number of aromatic nitrogens is 2. The largest absolute Gasteiger partial charge is 0.367 e. The molecule has 1 N–H and O–H groups in total. The number of aryl methyl sites for hydroxylation is 1. The van der Waals surface area contributed by atoms with E-state index in [0.29, 0.717) is 12.6 Å². The van der Waals surface area contributed by atoms with Crippen molar-refractivity contribution in [2.45, 2.75) is 51.2 Å². The van der Waals surface area contributed by atoms with Gasteiger partial charge in [-0.15, -0.1) is 0 Å². The SMILES string of the molecule is Cc1cc2ncnc(NC3CC3)c2cc1-c1cccc(CN(C(=O)c2ccc(F)cc2F)C2CC2)c1. The Morgan fingerprint density at radius 1 is 1.03 bits per heavy atom. The number of anilines is 1. The van der Waals surface area contributed by atoms with Gasteiger partial charge in [0, 0.05) is 30.1 Å². The van der Waals surface area contributed by atoms with Crippen molar-refractivity contribution in [1.82, 2.24) is 14.9 Å². The maximum absolute atomic E-state index is 14.4. The Hall–Kier alpha value is -3.87. The number of halogens is 2.